The van der Waals surface area contributed by atoms with Crippen LogP contribution in [0.15, 0.2) is 47.4 Å². The number of carbonyl (C=O) groups is 2. The number of thioether (sulfide) groups is 1. The maximum absolute atomic E-state index is 12.4. The van der Waals surface area contributed by atoms with Gasteiger partial charge in [-0.2, -0.15) is 0 Å². The van der Waals surface area contributed by atoms with Crippen molar-refractivity contribution in [2.24, 2.45) is 0 Å². The fourth-order valence-electron chi connectivity index (χ4n) is 1.98. The first-order valence-corrected chi connectivity index (χ1v) is 8.18. The second-order valence-electron chi connectivity index (χ2n) is 4.52. The molecule has 0 atom stereocenters. The minimum Gasteiger partial charge on any atom is -0.298 e. The molecule has 0 bridgehead atoms. The van der Waals surface area contributed by atoms with Crippen LogP contribution in [0, 0.1) is 0 Å². The van der Waals surface area contributed by atoms with Gasteiger partial charge in [0.05, 0.1) is 0 Å². The highest BCUT2D eigenvalue weighted by Crippen LogP contribution is 2.20. The zero-order valence-electron chi connectivity index (χ0n) is 12.2. The average molecular weight is 332 g/mol. The summed E-state index contributed by atoms with van der Waals surface area (Å²) in [5, 5.41) is 2.64. The molecular weight excluding hydrogens is 316 g/mol. The van der Waals surface area contributed by atoms with Crippen molar-refractivity contribution in [1.82, 2.24) is 10.2 Å². The zero-order chi connectivity index (χ0) is 16.1. The van der Waals surface area contributed by atoms with E-state index in [-0.39, 0.29) is 17.2 Å². The molecule has 0 radical (unpaired) electrons. The highest BCUT2D eigenvalue weighted by molar-refractivity contribution is 7.99. The highest BCUT2D eigenvalue weighted by Gasteiger charge is 2.32. The molecule has 1 N–H and O–H groups in total. The van der Waals surface area contributed by atoms with Crippen LogP contribution in [0.4, 0.5) is 0 Å². The molecule has 22 heavy (non-hydrogen) atoms. The molecule has 6 heteroatoms. The number of thiocarbonyl (C=S) groups is 1. The molecule has 0 aromatic heterocycles. The molecule has 2 rings (SSSR count). The van der Waals surface area contributed by atoms with Gasteiger partial charge in [-0.3, -0.25) is 19.8 Å². The summed E-state index contributed by atoms with van der Waals surface area (Å²) in [5.74, 6) is 0.123. The summed E-state index contributed by atoms with van der Waals surface area (Å²) in [6.45, 7) is 5.94. The lowest BCUT2D eigenvalue weighted by Gasteiger charge is -2.27. The summed E-state index contributed by atoms with van der Waals surface area (Å²) < 4.78 is 0. The van der Waals surface area contributed by atoms with Crippen molar-refractivity contribution in [1.29, 1.82) is 0 Å². The van der Waals surface area contributed by atoms with E-state index < -0.39 is 11.8 Å². The number of amides is 2. The third-order valence-electron chi connectivity index (χ3n) is 3.00. The van der Waals surface area contributed by atoms with Crippen molar-refractivity contribution in [3.8, 4) is 0 Å². The Labute approximate surface area is 139 Å². The molecule has 1 aromatic rings. The Kier molecular flexibility index (Phi) is 5.51. The highest BCUT2D eigenvalue weighted by atomic mass is 32.2. The summed E-state index contributed by atoms with van der Waals surface area (Å²) in [6, 6.07) is 7.71. The van der Waals surface area contributed by atoms with E-state index in [4.69, 9.17) is 12.2 Å². The fraction of sp³-hybridized carbons (Fsp3) is 0.188. The summed E-state index contributed by atoms with van der Waals surface area (Å²) >= 11 is 6.74. The van der Waals surface area contributed by atoms with Crippen LogP contribution in [0.1, 0.15) is 12.5 Å². The Morgan fingerprint density at radius 3 is 2.59 bits per heavy atom. The maximum Gasteiger partial charge on any atom is 0.265 e. The molecule has 0 aliphatic carbocycles. The molecule has 1 aliphatic rings. The SMILES string of the molecule is C=CCN1C(=O)C(=Cc2ccc(SCC)cc2)C(=O)NC1=S. The van der Waals surface area contributed by atoms with Crippen LogP contribution in [0.5, 0.6) is 0 Å². The van der Waals surface area contributed by atoms with Gasteiger partial charge in [0.25, 0.3) is 11.8 Å². The van der Waals surface area contributed by atoms with Crippen LogP contribution < -0.4 is 5.32 Å². The minimum atomic E-state index is -0.470. The van der Waals surface area contributed by atoms with Crippen LogP contribution >= 0.6 is 24.0 Å². The van der Waals surface area contributed by atoms with Gasteiger partial charge in [-0.15, -0.1) is 18.3 Å². The van der Waals surface area contributed by atoms with Crippen LogP contribution in [0.3, 0.4) is 0 Å². The van der Waals surface area contributed by atoms with Crippen LogP contribution in [0.25, 0.3) is 6.08 Å². The molecule has 1 aliphatic heterocycles. The quantitative estimate of drug-likeness (QED) is 0.296. The summed E-state index contributed by atoms with van der Waals surface area (Å²) in [6.07, 6.45) is 3.14. The average Bonchev–Trinajstić information content (AvgIpc) is 2.50. The Morgan fingerprint density at radius 1 is 1.32 bits per heavy atom. The van der Waals surface area contributed by atoms with Crippen LogP contribution in [0.2, 0.25) is 0 Å². The number of hydrogen-bond acceptors (Lipinski definition) is 4. The largest absolute Gasteiger partial charge is 0.298 e. The van der Waals surface area contributed by atoms with Gasteiger partial charge in [0.15, 0.2) is 5.11 Å². The predicted molar refractivity (Wildman–Crippen MR) is 93.5 cm³/mol. The Balaban J connectivity index is 2.28. The Morgan fingerprint density at radius 2 is 2.00 bits per heavy atom. The Hall–Kier alpha value is -1.92. The zero-order valence-corrected chi connectivity index (χ0v) is 13.8. The van der Waals surface area contributed by atoms with Gasteiger partial charge in [-0.1, -0.05) is 25.1 Å². The minimum absolute atomic E-state index is 0.0753. The lowest BCUT2D eigenvalue weighted by molar-refractivity contribution is -0.128. The van der Waals surface area contributed by atoms with Gasteiger partial charge in [-0.05, 0) is 41.7 Å². The standard InChI is InChI=1S/C16H16N2O2S2/c1-3-9-18-15(20)13(14(19)17-16(18)21)10-11-5-7-12(8-6-11)22-4-2/h3,5-8,10H,1,4,9H2,2H3,(H,17,19,21). The number of nitrogens with one attached hydrogen (secondary N) is 1. The first kappa shape index (κ1) is 16.5. The van der Waals surface area contributed by atoms with E-state index in [1.165, 1.54) is 4.90 Å². The monoisotopic (exact) mass is 332 g/mol. The van der Waals surface area contributed by atoms with Crippen molar-refractivity contribution >= 4 is 47.0 Å². The number of nitrogens with zero attached hydrogens (tertiary/aromatic N) is 1. The van der Waals surface area contributed by atoms with Gasteiger partial charge in [0, 0.05) is 11.4 Å². The topological polar surface area (TPSA) is 49.4 Å². The number of benzene rings is 1. The molecule has 1 heterocycles. The van der Waals surface area contributed by atoms with Crippen molar-refractivity contribution < 1.29 is 9.59 Å². The third kappa shape index (κ3) is 3.64. The van der Waals surface area contributed by atoms with Gasteiger partial charge in [0.2, 0.25) is 0 Å². The van der Waals surface area contributed by atoms with E-state index in [9.17, 15) is 9.59 Å². The first-order chi connectivity index (χ1) is 10.6. The molecule has 1 aromatic carbocycles. The molecule has 1 saturated heterocycles. The summed E-state index contributed by atoms with van der Waals surface area (Å²) in [5.41, 5.74) is 0.872. The lowest BCUT2D eigenvalue weighted by atomic mass is 10.1. The van der Waals surface area contributed by atoms with Crippen LogP contribution in [-0.2, 0) is 9.59 Å². The van der Waals surface area contributed by atoms with E-state index in [0.29, 0.717) is 0 Å². The number of hydrogen-bond donors (Lipinski definition) is 1. The molecule has 0 spiro atoms. The molecule has 0 saturated carbocycles. The first-order valence-electron chi connectivity index (χ1n) is 6.79. The summed E-state index contributed by atoms with van der Waals surface area (Å²) in [4.78, 5) is 26.8. The van der Waals surface area contributed by atoms with E-state index in [1.807, 2.05) is 24.3 Å². The van der Waals surface area contributed by atoms with E-state index in [0.717, 1.165) is 16.2 Å². The molecule has 2 amide bonds. The van der Waals surface area contributed by atoms with Gasteiger partial charge >= 0.3 is 0 Å². The molecular formula is C16H16N2O2S2. The van der Waals surface area contributed by atoms with Crippen molar-refractivity contribution in [3.63, 3.8) is 0 Å². The number of rotatable bonds is 5. The molecule has 0 unspecified atom stereocenters. The second kappa shape index (κ2) is 7.38. The predicted octanol–water partition coefficient (Wildman–Crippen LogP) is 2.61. The molecule has 114 valence electrons. The van der Waals surface area contributed by atoms with E-state index >= 15 is 0 Å². The van der Waals surface area contributed by atoms with Crippen LogP contribution in [-0.4, -0.2) is 34.1 Å². The van der Waals surface area contributed by atoms with Crippen molar-refractivity contribution in [2.45, 2.75) is 11.8 Å². The van der Waals surface area contributed by atoms with Gasteiger partial charge < -0.3 is 0 Å². The van der Waals surface area contributed by atoms with Crippen molar-refractivity contribution in [3.05, 3.63) is 48.1 Å². The normalized spacial score (nSPS) is 16.9. The Bertz CT molecular complexity index is 651. The maximum atomic E-state index is 12.4. The van der Waals surface area contributed by atoms with Gasteiger partial charge in [0.1, 0.15) is 5.57 Å². The summed E-state index contributed by atoms with van der Waals surface area (Å²) in [7, 11) is 0. The second-order valence-corrected chi connectivity index (χ2v) is 6.25. The fourth-order valence-corrected chi connectivity index (χ4v) is 2.89. The van der Waals surface area contributed by atoms with Gasteiger partial charge in [-0.25, -0.2) is 0 Å². The molecule has 4 nitrogen and oxygen atoms in total. The lowest BCUT2D eigenvalue weighted by Crippen LogP contribution is -2.53. The third-order valence-corrected chi connectivity index (χ3v) is 4.22. The van der Waals surface area contributed by atoms with E-state index in [2.05, 4.69) is 18.8 Å². The molecule has 1 fully saturated rings. The van der Waals surface area contributed by atoms with E-state index in [1.54, 1.807) is 23.9 Å². The number of carbonyl (C=O) groups excluding carboxylic acids is 2. The van der Waals surface area contributed by atoms with Crippen molar-refractivity contribution in [2.75, 3.05) is 12.3 Å². The smallest absolute Gasteiger partial charge is 0.265 e.